The molecule has 0 aliphatic heterocycles. The second-order valence-corrected chi connectivity index (χ2v) is 9.22. The van der Waals surface area contributed by atoms with Gasteiger partial charge in [0.15, 0.2) is 5.82 Å². The largest absolute Gasteiger partial charge is 0.369 e. The van der Waals surface area contributed by atoms with Gasteiger partial charge in [0.1, 0.15) is 5.82 Å². The van der Waals surface area contributed by atoms with E-state index in [1.807, 2.05) is 57.2 Å². The van der Waals surface area contributed by atoms with Crippen molar-refractivity contribution in [1.82, 2.24) is 34.8 Å². The summed E-state index contributed by atoms with van der Waals surface area (Å²) in [4.78, 5) is 21.3. The van der Waals surface area contributed by atoms with Crippen LogP contribution in [0.15, 0.2) is 55.2 Å². The highest BCUT2D eigenvalue weighted by molar-refractivity contribution is 5.77. The number of rotatable bonds is 7. The molecule has 1 fully saturated rings. The van der Waals surface area contributed by atoms with Gasteiger partial charge >= 0.3 is 0 Å². The SMILES string of the molecule is CC(=O)N[C@@H]1CCC[C@H]1CNc1nc(-c2cccc(-c3cnn(C)c3)c2)ncc1-c1cnn(C)c1. The van der Waals surface area contributed by atoms with Gasteiger partial charge in [-0.2, -0.15) is 10.2 Å². The van der Waals surface area contributed by atoms with Crippen molar-refractivity contribution in [3.63, 3.8) is 0 Å². The number of hydrogen-bond acceptors (Lipinski definition) is 6. The van der Waals surface area contributed by atoms with Gasteiger partial charge in [0.05, 0.1) is 12.4 Å². The summed E-state index contributed by atoms with van der Waals surface area (Å²) in [6.45, 7) is 2.31. The topological polar surface area (TPSA) is 103 Å². The van der Waals surface area contributed by atoms with E-state index in [4.69, 9.17) is 9.97 Å². The van der Waals surface area contributed by atoms with Gasteiger partial charge in [0.2, 0.25) is 5.91 Å². The van der Waals surface area contributed by atoms with Gasteiger partial charge in [0.25, 0.3) is 0 Å². The van der Waals surface area contributed by atoms with Gasteiger partial charge in [-0.15, -0.1) is 0 Å². The summed E-state index contributed by atoms with van der Waals surface area (Å²) < 4.78 is 3.56. The number of aromatic nitrogens is 6. The molecule has 5 rings (SSSR count). The minimum absolute atomic E-state index is 0.0239. The first-order chi connectivity index (χ1) is 17.0. The molecule has 35 heavy (non-hydrogen) atoms. The summed E-state index contributed by atoms with van der Waals surface area (Å²) in [5.74, 6) is 1.79. The molecule has 0 unspecified atom stereocenters. The first-order valence-corrected chi connectivity index (χ1v) is 11.9. The summed E-state index contributed by atoms with van der Waals surface area (Å²) in [6.07, 6.45) is 12.7. The number of carbonyl (C=O) groups excluding carboxylic acids is 1. The van der Waals surface area contributed by atoms with Crippen molar-refractivity contribution in [3.8, 4) is 33.6 Å². The Labute approximate surface area is 204 Å². The zero-order chi connectivity index (χ0) is 24.4. The molecule has 3 aromatic heterocycles. The lowest BCUT2D eigenvalue weighted by Crippen LogP contribution is -2.38. The number of benzene rings is 1. The molecular weight excluding hydrogens is 440 g/mol. The Kier molecular flexibility index (Phi) is 6.31. The number of hydrogen-bond donors (Lipinski definition) is 2. The number of aryl methyl sites for hydroxylation is 2. The number of nitrogens with zero attached hydrogens (tertiary/aromatic N) is 6. The minimum Gasteiger partial charge on any atom is -0.369 e. The van der Waals surface area contributed by atoms with Crippen LogP contribution in [-0.4, -0.2) is 48.0 Å². The molecule has 0 radical (unpaired) electrons. The molecule has 1 saturated carbocycles. The van der Waals surface area contributed by atoms with E-state index in [1.165, 1.54) is 0 Å². The second-order valence-electron chi connectivity index (χ2n) is 9.22. The van der Waals surface area contributed by atoms with Crippen molar-refractivity contribution in [2.24, 2.45) is 20.0 Å². The second kappa shape index (κ2) is 9.69. The molecule has 0 bridgehead atoms. The van der Waals surface area contributed by atoms with Crippen LogP contribution in [0.3, 0.4) is 0 Å². The molecule has 3 heterocycles. The van der Waals surface area contributed by atoms with Gasteiger partial charge in [-0.3, -0.25) is 14.2 Å². The van der Waals surface area contributed by atoms with Gasteiger partial charge in [-0.1, -0.05) is 24.6 Å². The zero-order valence-corrected chi connectivity index (χ0v) is 20.3. The Hall–Kier alpha value is -4.01. The highest BCUT2D eigenvalue weighted by atomic mass is 16.1. The summed E-state index contributed by atoms with van der Waals surface area (Å²) in [5, 5.41) is 15.3. The Morgan fingerprint density at radius 1 is 1.00 bits per heavy atom. The Morgan fingerprint density at radius 3 is 2.46 bits per heavy atom. The van der Waals surface area contributed by atoms with E-state index < -0.39 is 0 Å². The van der Waals surface area contributed by atoms with Gasteiger partial charge in [-0.25, -0.2) is 9.97 Å². The predicted molar refractivity (Wildman–Crippen MR) is 135 cm³/mol. The van der Waals surface area contributed by atoms with E-state index in [0.717, 1.165) is 59.4 Å². The van der Waals surface area contributed by atoms with Crippen molar-refractivity contribution < 1.29 is 4.79 Å². The van der Waals surface area contributed by atoms with E-state index in [9.17, 15) is 4.79 Å². The molecular formula is C26H30N8O. The highest BCUT2D eigenvalue weighted by Crippen LogP contribution is 2.31. The monoisotopic (exact) mass is 470 g/mol. The Bertz CT molecular complexity index is 1340. The Balaban J connectivity index is 1.46. The van der Waals surface area contributed by atoms with E-state index in [1.54, 1.807) is 16.3 Å². The van der Waals surface area contributed by atoms with Crippen molar-refractivity contribution in [1.29, 1.82) is 0 Å². The van der Waals surface area contributed by atoms with Gasteiger partial charge < -0.3 is 10.6 Å². The fourth-order valence-electron chi connectivity index (χ4n) is 4.80. The average molecular weight is 471 g/mol. The smallest absolute Gasteiger partial charge is 0.217 e. The summed E-state index contributed by atoms with van der Waals surface area (Å²) >= 11 is 0. The van der Waals surface area contributed by atoms with Gasteiger partial charge in [0, 0.05) is 74.5 Å². The standard InChI is InChI=1S/C26H30N8O/c1-17(35)31-24-9-5-8-20(24)11-27-26-23(22-13-30-34(3)16-22)14-28-25(32-26)19-7-4-6-18(10-19)21-12-29-33(2)15-21/h4,6-7,10,12-16,20,24H,5,8-9,11H2,1-3H3,(H,31,35)(H,27,28,32)/t20-,24+/m0/s1. The average Bonchev–Trinajstić information content (AvgIpc) is 3.59. The first kappa shape index (κ1) is 22.8. The fourth-order valence-corrected chi connectivity index (χ4v) is 4.80. The van der Waals surface area contributed by atoms with Crippen LogP contribution in [-0.2, 0) is 18.9 Å². The molecule has 2 atom stereocenters. The number of amides is 1. The third-order valence-electron chi connectivity index (χ3n) is 6.54. The Morgan fingerprint density at radius 2 is 1.74 bits per heavy atom. The van der Waals surface area contributed by atoms with Crippen molar-refractivity contribution >= 4 is 11.7 Å². The summed E-state index contributed by atoms with van der Waals surface area (Å²) in [6, 6.07) is 8.38. The predicted octanol–water partition coefficient (Wildman–Crippen LogP) is 3.66. The number of carbonyl (C=O) groups is 1. The highest BCUT2D eigenvalue weighted by Gasteiger charge is 2.28. The molecule has 0 spiro atoms. The summed E-state index contributed by atoms with van der Waals surface area (Å²) in [7, 11) is 3.80. The number of nitrogens with one attached hydrogen (secondary N) is 2. The van der Waals surface area contributed by atoms with E-state index in [-0.39, 0.29) is 11.9 Å². The molecule has 9 nitrogen and oxygen atoms in total. The van der Waals surface area contributed by atoms with Crippen molar-refractivity contribution in [2.75, 3.05) is 11.9 Å². The van der Waals surface area contributed by atoms with E-state index in [0.29, 0.717) is 11.7 Å². The molecule has 2 N–H and O–H groups in total. The summed E-state index contributed by atoms with van der Waals surface area (Å²) in [5.41, 5.74) is 4.90. The molecule has 1 aliphatic rings. The van der Waals surface area contributed by atoms with Crippen molar-refractivity contribution in [2.45, 2.75) is 32.2 Å². The molecule has 1 amide bonds. The van der Waals surface area contributed by atoms with Crippen LogP contribution in [0.25, 0.3) is 33.6 Å². The maximum absolute atomic E-state index is 11.6. The lowest BCUT2D eigenvalue weighted by Gasteiger charge is -2.21. The normalized spacial score (nSPS) is 17.5. The lowest BCUT2D eigenvalue weighted by molar-refractivity contribution is -0.119. The molecule has 1 aromatic carbocycles. The maximum Gasteiger partial charge on any atom is 0.217 e. The first-order valence-electron chi connectivity index (χ1n) is 11.9. The number of anilines is 1. The molecule has 0 saturated heterocycles. The molecule has 4 aromatic rings. The van der Waals surface area contributed by atoms with Crippen LogP contribution in [0.4, 0.5) is 5.82 Å². The van der Waals surface area contributed by atoms with Crippen LogP contribution in [0.5, 0.6) is 0 Å². The minimum atomic E-state index is 0.0239. The van der Waals surface area contributed by atoms with Gasteiger partial charge in [-0.05, 0) is 30.4 Å². The molecule has 1 aliphatic carbocycles. The van der Waals surface area contributed by atoms with Crippen molar-refractivity contribution in [3.05, 3.63) is 55.2 Å². The van der Waals surface area contributed by atoms with Crippen LogP contribution in [0.2, 0.25) is 0 Å². The van der Waals surface area contributed by atoms with Crippen LogP contribution in [0, 0.1) is 5.92 Å². The fraction of sp³-hybridized carbons (Fsp3) is 0.346. The van der Waals surface area contributed by atoms with E-state index in [2.05, 4.69) is 33.0 Å². The zero-order valence-electron chi connectivity index (χ0n) is 20.3. The van der Waals surface area contributed by atoms with E-state index >= 15 is 0 Å². The molecule has 180 valence electrons. The van der Waals surface area contributed by atoms with Crippen LogP contribution < -0.4 is 10.6 Å². The van der Waals surface area contributed by atoms with Crippen LogP contribution in [0.1, 0.15) is 26.2 Å². The van der Waals surface area contributed by atoms with Crippen LogP contribution >= 0.6 is 0 Å². The molecule has 9 heteroatoms. The maximum atomic E-state index is 11.6. The quantitative estimate of drug-likeness (QED) is 0.427. The lowest BCUT2D eigenvalue weighted by atomic mass is 10.0. The third kappa shape index (κ3) is 5.08. The third-order valence-corrected chi connectivity index (χ3v) is 6.54.